The average Bonchev–Trinajstić information content (AvgIpc) is 2.52. The number of hydrogen-bond donors (Lipinski definition) is 1. The molecule has 1 fully saturated rings. The number of benzene rings is 1. The van der Waals surface area contributed by atoms with Crippen LogP contribution in [0.15, 0.2) is 18.2 Å². The van der Waals surface area contributed by atoms with Gasteiger partial charge >= 0.3 is 0 Å². The molecular formula is C16H25NO2S2. The van der Waals surface area contributed by atoms with Crippen molar-refractivity contribution in [3.8, 4) is 11.5 Å². The van der Waals surface area contributed by atoms with Crippen LogP contribution in [0.5, 0.6) is 11.5 Å². The maximum atomic E-state index is 5.61. The fourth-order valence-electron chi connectivity index (χ4n) is 2.80. The molecule has 0 spiro atoms. The lowest BCUT2D eigenvalue weighted by atomic mass is 9.99. The smallest absolute Gasteiger partial charge is 0.127 e. The molecule has 0 aliphatic carbocycles. The molecule has 21 heavy (non-hydrogen) atoms. The van der Waals surface area contributed by atoms with E-state index < -0.39 is 0 Å². The summed E-state index contributed by atoms with van der Waals surface area (Å²) in [5.74, 6) is 4.26. The molecule has 1 N–H and O–H groups in total. The van der Waals surface area contributed by atoms with E-state index in [2.05, 4.69) is 42.7 Å². The van der Waals surface area contributed by atoms with Gasteiger partial charge < -0.3 is 14.8 Å². The van der Waals surface area contributed by atoms with E-state index in [-0.39, 0.29) is 6.04 Å². The molecular weight excluding hydrogens is 302 g/mol. The van der Waals surface area contributed by atoms with Gasteiger partial charge in [0.2, 0.25) is 0 Å². The minimum absolute atomic E-state index is 0.244. The molecule has 5 heteroatoms. The van der Waals surface area contributed by atoms with Gasteiger partial charge in [0.05, 0.1) is 25.8 Å². The van der Waals surface area contributed by atoms with Gasteiger partial charge in [-0.3, -0.25) is 0 Å². The summed E-state index contributed by atoms with van der Waals surface area (Å²) in [6.07, 6.45) is 0. The lowest BCUT2D eigenvalue weighted by molar-refractivity contribution is 0.368. The van der Waals surface area contributed by atoms with Gasteiger partial charge in [-0.15, -0.1) is 0 Å². The van der Waals surface area contributed by atoms with Crippen molar-refractivity contribution in [3.05, 3.63) is 23.8 Å². The zero-order valence-corrected chi connectivity index (χ0v) is 14.9. The van der Waals surface area contributed by atoms with Crippen LogP contribution >= 0.6 is 23.5 Å². The molecule has 1 heterocycles. The minimum atomic E-state index is 0.244. The number of thioether (sulfide) groups is 2. The van der Waals surface area contributed by atoms with E-state index in [1.54, 1.807) is 14.2 Å². The van der Waals surface area contributed by atoms with Crippen molar-refractivity contribution in [3.63, 3.8) is 0 Å². The number of methoxy groups -OCH3 is 2. The van der Waals surface area contributed by atoms with Gasteiger partial charge in [-0.1, -0.05) is 19.9 Å². The van der Waals surface area contributed by atoms with Crippen molar-refractivity contribution in [2.24, 2.45) is 0 Å². The molecule has 3 atom stereocenters. The third-order valence-electron chi connectivity index (χ3n) is 3.77. The van der Waals surface area contributed by atoms with Crippen molar-refractivity contribution in [1.82, 2.24) is 5.32 Å². The Morgan fingerprint density at radius 3 is 2.33 bits per heavy atom. The first-order chi connectivity index (χ1) is 10.2. The number of rotatable bonds is 6. The van der Waals surface area contributed by atoms with Crippen molar-refractivity contribution >= 4 is 23.5 Å². The summed E-state index contributed by atoms with van der Waals surface area (Å²) in [4.78, 5) is 0. The molecule has 0 amide bonds. The fraction of sp³-hybridized carbons (Fsp3) is 0.625. The van der Waals surface area contributed by atoms with Gasteiger partial charge in [-0.05, 0) is 18.7 Å². The van der Waals surface area contributed by atoms with Crippen LogP contribution in [0.25, 0.3) is 0 Å². The third-order valence-corrected chi connectivity index (χ3v) is 6.96. The Kier molecular flexibility index (Phi) is 6.58. The maximum Gasteiger partial charge on any atom is 0.127 e. The Balaban J connectivity index is 2.41. The van der Waals surface area contributed by atoms with Gasteiger partial charge in [0, 0.05) is 22.0 Å². The van der Waals surface area contributed by atoms with E-state index in [0.717, 1.165) is 23.6 Å². The molecule has 0 radical (unpaired) electrons. The Bertz CT molecular complexity index is 434. The highest BCUT2D eigenvalue weighted by Gasteiger charge is 2.34. The lowest BCUT2D eigenvalue weighted by Gasteiger charge is -2.36. The highest BCUT2D eigenvalue weighted by Crippen LogP contribution is 2.44. The fourth-order valence-corrected chi connectivity index (χ4v) is 5.73. The standard InChI is InChI=1S/C16H25NO2S2/c1-5-17-15(16-11(2)20-9-10-21-16)14-12(18-3)7-6-8-13(14)19-4/h6-8,11,15-17H,5,9-10H2,1-4H3. The molecule has 1 aliphatic rings. The maximum absolute atomic E-state index is 5.61. The highest BCUT2D eigenvalue weighted by atomic mass is 32.2. The summed E-state index contributed by atoms with van der Waals surface area (Å²) in [6.45, 7) is 5.41. The molecule has 3 nitrogen and oxygen atoms in total. The molecule has 0 bridgehead atoms. The molecule has 118 valence electrons. The zero-order chi connectivity index (χ0) is 15.2. The molecule has 1 aromatic carbocycles. The molecule has 3 unspecified atom stereocenters. The first kappa shape index (κ1) is 16.8. The quantitative estimate of drug-likeness (QED) is 0.863. The molecule has 1 aromatic rings. The first-order valence-electron chi connectivity index (χ1n) is 7.40. The zero-order valence-electron chi connectivity index (χ0n) is 13.2. The van der Waals surface area contributed by atoms with Gasteiger partial charge in [0.15, 0.2) is 0 Å². The Morgan fingerprint density at radius 1 is 1.19 bits per heavy atom. The van der Waals surface area contributed by atoms with Gasteiger partial charge in [0.25, 0.3) is 0 Å². The molecule has 0 saturated carbocycles. The van der Waals surface area contributed by atoms with Crippen LogP contribution < -0.4 is 14.8 Å². The normalized spacial score (nSPS) is 23.6. The summed E-state index contributed by atoms with van der Waals surface area (Å²) in [5, 5.41) is 4.79. The topological polar surface area (TPSA) is 30.5 Å². The molecule has 1 saturated heterocycles. The van der Waals surface area contributed by atoms with E-state index in [1.807, 2.05) is 18.2 Å². The summed E-state index contributed by atoms with van der Waals surface area (Å²) in [6, 6.07) is 6.27. The van der Waals surface area contributed by atoms with Crippen LogP contribution in [0.3, 0.4) is 0 Å². The van der Waals surface area contributed by atoms with Gasteiger partial charge in [-0.25, -0.2) is 0 Å². The lowest BCUT2D eigenvalue weighted by Crippen LogP contribution is -2.38. The molecule has 0 aromatic heterocycles. The number of nitrogens with one attached hydrogen (secondary N) is 1. The van der Waals surface area contributed by atoms with E-state index in [0.29, 0.717) is 10.5 Å². The molecule has 1 aliphatic heterocycles. The average molecular weight is 328 g/mol. The first-order valence-corrected chi connectivity index (χ1v) is 9.50. The van der Waals surface area contributed by atoms with E-state index in [9.17, 15) is 0 Å². The summed E-state index contributed by atoms with van der Waals surface area (Å²) >= 11 is 4.12. The second-order valence-corrected chi connectivity index (χ2v) is 7.79. The van der Waals surface area contributed by atoms with E-state index in [4.69, 9.17) is 9.47 Å². The Labute approximate surface area is 136 Å². The van der Waals surface area contributed by atoms with Crippen LogP contribution in [-0.2, 0) is 0 Å². The van der Waals surface area contributed by atoms with Gasteiger partial charge in [-0.2, -0.15) is 23.5 Å². The summed E-state index contributed by atoms with van der Waals surface area (Å²) in [5.41, 5.74) is 1.15. The van der Waals surface area contributed by atoms with Crippen molar-refractivity contribution in [1.29, 1.82) is 0 Å². The van der Waals surface area contributed by atoms with Gasteiger partial charge in [0.1, 0.15) is 11.5 Å². The summed E-state index contributed by atoms with van der Waals surface area (Å²) in [7, 11) is 3.46. The van der Waals surface area contributed by atoms with Crippen LogP contribution in [0.4, 0.5) is 0 Å². The highest BCUT2D eigenvalue weighted by molar-refractivity contribution is 8.07. The number of hydrogen-bond acceptors (Lipinski definition) is 5. The largest absolute Gasteiger partial charge is 0.496 e. The Morgan fingerprint density at radius 2 is 1.81 bits per heavy atom. The second-order valence-electron chi connectivity index (χ2n) is 5.02. The minimum Gasteiger partial charge on any atom is -0.496 e. The second kappa shape index (κ2) is 8.20. The van der Waals surface area contributed by atoms with E-state index in [1.165, 1.54) is 11.5 Å². The van der Waals surface area contributed by atoms with Crippen LogP contribution in [0.1, 0.15) is 25.5 Å². The SMILES string of the molecule is CCNC(c1c(OC)cccc1OC)C1SCCSC1C. The Hall–Kier alpha value is -0.520. The van der Waals surface area contributed by atoms with Crippen LogP contribution in [0.2, 0.25) is 0 Å². The predicted molar refractivity (Wildman–Crippen MR) is 94.1 cm³/mol. The predicted octanol–water partition coefficient (Wildman–Crippen LogP) is 3.59. The van der Waals surface area contributed by atoms with Crippen molar-refractivity contribution in [2.45, 2.75) is 30.4 Å². The number of ether oxygens (including phenoxy) is 2. The molecule has 2 rings (SSSR count). The van der Waals surface area contributed by atoms with E-state index >= 15 is 0 Å². The monoisotopic (exact) mass is 327 g/mol. The van der Waals surface area contributed by atoms with Crippen molar-refractivity contribution < 1.29 is 9.47 Å². The third kappa shape index (κ3) is 3.82. The van der Waals surface area contributed by atoms with Crippen LogP contribution in [-0.4, -0.2) is 42.8 Å². The van der Waals surface area contributed by atoms with Crippen LogP contribution in [0, 0.1) is 0 Å². The summed E-state index contributed by atoms with van der Waals surface area (Å²) < 4.78 is 11.2. The van der Waals surface area contributed by atoms with Crippen molar-refractivity contribution in [2.75, 3.05) is 32.3 Å².